The highest BCUT2D eigenvalue weighted by Crippen LogP contribution is 2.33. The normalized spacial score (nSPS) is 11.2. The smallest absolute Gasteiger partial charge is 0.132 e. The zero-order valence-electron chi connectivity index (χ0n) is 9.39. The fourth-order valence-corrected chi connectivity index (χ4v) is 2.43. The molecule has 0 fully saturated rings. The van der Waals surface area contributed by atoms with Crippen molar-refractivity contribution in [2.24, 2.45) is 0 Å². The highest BCUT2D eigenvalue weighted by Gasteiger charge is 2.17. The van der Waals surface area contributed by atoms with Crippen LogP contribution in [0.1, 0.15) is 25.5 Å². The van der Waals surface area contributed by atoms with Crippen LogP contribution in [0.5, 0.6) is 0 Å². The van der Waals surface area contributed by atoms with Crippen molar-refractivity contribution in [2.45, 2.75) is 19.8 Å². The maximum atomic E-state index is 13.6. The zero-order valence-corrected chi connectivity index (χ0v) is 11.0. The van der Waals surface area contributed by atoms with Crippen LogP contribution in [0, 0.1) is 11.6 Å². The molecule has 0 unspecified atom stereocenters. The molecular formula is C12H11BrF2N2. The first-order valence-corrected chi connectivity index (χ1v) is 5.99. The van der Waals surface area contributed by atoms with E-state index in [9.17, 15) is 8.78 Å². The van der Waals surface area contributed by atoms with Gasteiger partial charge in [-0.25, -0.2) is 8.78 Å². The maximum Gasteiger partial charge on any atom is 0.132 e. The summed E-state index contributed by atoms with van der Waals surface area (Å²) in [7, 11) is 0. The molecule has 0 aliphatic rings. The summed E-state index contributed by atoms with van der Waals surface area (Å²) in [6.45, 7) is 3.98. The Balaban J connectivity index is 2.57. The lowest BCUT2D eigenvalue weighted by molar-refractivity contribution is 0.602. The van der Waals surface area contributed by atoms with Crippen LogP contribution in [0.4, 0.5) is 8.78 Å². The van der Waals surface area contributed by atoms with Gasteiger partial charge in [0.05, 0.1) is 10.2 Å². The van der Waals surface area contributed by atoms with Crippen molar-refractivity contribution < 1.29 is 8.78 Å². The molecule has 0 bridgehead atoms. The number of benzene rings is 1. The number of hydrogen-bond donors (Lipinski definition) is 1. The number of nitrogens with one attached hydrogen (secondary N) is 1. The van der Waals surface area contributed by atoms with Gasteiger partial charge < -0.3 is 0 Å². The molecule has 17 heavy (non-hydrogen) atoms. The van der Waals surface area contributed by atoms with Crippen molar-refractivity contribution in [1.29, 1.82) is 0 Å². The predicted octanol–water partition coefficient (Wildman–Crippen LogP) is 4.24. The summed E-state index contributed by atoms with van der Waals surface area (Å²) in [6, 6.07) is 3.32. The molecule has 90 valence electrons. The minimum absolute atomic E-state index is 0.153. The van der Waals surface area contributed by atoms with E-state index in [-0.39, 0.29) is 11.5 Å². The average molecular weight is 301 g/mol. The van der Waals surface area contributed by atoms with Crippen molar-refractivity contribution in [2.75, 3.05) is 0 Å². The molecule has 0 radical (unpaired) electrons. The fourth-order valence-electron chi connectivity index (χ4n) is 1.58. The third kappa shape index (κ3) is 2.24. The molecule has 0 aliphatic carbocycles. The van der Waals surface area contributed by atoms with E-state index in [4.69, 9.17) is 0 Å². The summed E-state index contributed by atoms with van der Waals surface area (Å²) in [5.74, 6) is -0.751. The molecule has 0 aliphatic heterocycles. The monoisotopic (exact) mass is 300 g/mol. The lowest BCUT2D eigenvalue weighted by Crippen LogP contribution is -1.88. The summed E-state index contributed by atoms with van der Waals surface area (Å²) in [6.07, 6.45) is 0. The molecule has 0 saturated carbocycles. The van der Waals surface area contributed by atoms with E-state index in [2.05, 4.69) is 26.1 Å². The third-order valence-corrected chi connectivity index (χ3v) is 3.30. The Morgan fingerprint density at radius 2 is 2.00 bits per heavy atom. The van der Waals surface area contributed by atoms with Crippen LogP contribution < -0.4 is 0 Å². The Labute approximate surface area is 106 Å². The minimum Gasteiger partial charge on any atom is -0.280 e. The van der Waals surface area contributed by atoms with E-state index < -0.39 is 11.6 Å². The molecule has 0 amide bonds. The van der Waals surface area contributed by atoms with Crippen LogP contribution in [0.25, 0.3) is 11.3 Å². The van der Waals surface area contributed by atoms with Gasteiger partial charge in [0.2, 0.25) is 0 Å². The van der Waals surface area contributed by atoms with Gasteiger partial charge in [0.1, 0.15) is 17.3 Å². The van der Waals surface area contributed by atoms with Gasteiger partial charge in [-0.1, -0.05) is 13.8 Å². The van der Waals surface area contributed by atoms with Crippen LogP contribution in [0.2, 0.25) is 0 Å². The SMILES string of the molecule is CC(C)c1[nH]nc(-c2cc(F)ccc2F)c1Br. The zero-order chi connectivity index (χ0) is 12.6. The van der Waals surface area contributed by atoms with Gasteiger partial charge >= 0.3 is 0 Å². The standard InChI is InChI=1S/C12H11BrF2N2/c1-6(2)11-10(13)12(17-16-11)8-5-7(14)3-4-9(8)15/h3-6H,1-2H3,(H,16,17). The Morgan fingerprint density at radius 3 is 2.59 bits per heavy atom. The van der Waals surface area contributed by atoms with Crippen molar-refractivity contribution in [3.8, 4) is 11.3 Å². The first-order valence-electron chi connectivity index (χ1n) is 5.20. The predicted molar refractivity (Wildman–Crippen MR) is 65.7 cm³/mol. The van der Waals surface area contributed by atoms with Crippen LogP contribution in [0.15, 0.2) is 22.7 Å². The van der Waals surface area contributed by atoms with E-state index in [0.717, 1.165) is 23.9 Å². The molecule has 5 heteroatoms. The van der Waals surface area contributed by atoms with E-state index in [0.29, 0.717) is 10.2 Å². The van der Waals surface area contributed by atoms with Crippen LogP contribution in [0.3, 0.4) is 0 Å². The molecule has 0 saturated heterocycles. The molecule has 0 spiro atoms. The van der Waals surface area contributed by atoms with Gasteiger partial charge in [-0.2, -0.15) is 5.10 Å². The molecule has 1 aromatic heterocycles. The summed E-state index contributed by atoms with van der Waals surface area (Å²) in [5, 5.41) is 6.86. The number of aromatic nitrogens is 2. The van der Waals surface area contributed by atoms with E-state index in [1.165, 1.54) is 0 Å². The van der Waals surface area contributed by atoms with Gasteiger partial charge in [-0.3, -0.25) is 5.10 Å². The molecule has 1 heterocycles. The summed E-state index contributed by atoms with van der Waals surface area (Å²) >= 11 is 3.36. The number of H-pyrrole nitrogens is 1. The largest absolute Gasteiger partial charge is 0.280 e. The number of nitrogens with zero attached hydrogens (tertiary/aromatic N) is 1. The first-order chi connectivity index (χ1) is 8.00. The molecular weight excluding hydrogens is 290 g/mol. The van der Waals surface area contributed by atoms with Gasteiger partial charge in [0.25, 0.3) is 0 Å². The third-order valence-electron chi connectivity index (χ3n) is 2.49. The van der Waals surface area contributed by atoms with Crippen LogP contribution in [-0.4, -0.2) is 10.2 Å². The topological polar surface area (TPSA) is 28.7 Å². The van der Waals surface area contributed by atoms with Crippen molar-refractivity contribution in [1.82, 2.24) is 10.2 Å². The van der Waals surface area contributed by atoms with Crippen molar-refractivity contribution >= 4 is 15.9 Å². The van der Waals surface area contributed by atoms with Crippen LogP contribution >= 0.6 is 15.9 Å². The Hall–Kier alpha value is -1.23. The number of aromatic amines is 1. The fraction of sp³-hybridized carbons (Fsp3) is 0.250. The highest BCUT2D eigenvalue weighted by molar-refractivity contribution is 9.10. The highest BCUT2D eigenvalue weighted by atomic mass is 79.9. The number of halogens is 3. The van der Waals surface area contributed by atoms with Crippen LogP contribution in [-0.2, 0) is 0 Å². The summed E-state index contributed by atoms with van der Waals surface area (Å²) in [4.78, 5) is 0. The molecule has 2 rings (SSSR count). The van der Waals surface area contributed by atoms with Gasteiger partial charge in [0.15, 0.2) is 0 Å². The van der Waals surface area contributed by atoms with Gasteiger partial charge in [0, 0.05) is 5.56 Å². The van der Waals surface area contributed by atoms with Crippen molar-refractivity contribution in [3.05, 3.63) is 40.0 Å². The second kappa shape index (κ2) is 4.56. The summed E-state index contributed by atoms with van der Waals surface area (Å²) < 4.78 is 27.4. The Morgan fingerprint density at radius 1 is 1.29 bits per heavy atom. The second-order valence-corrected chi connectivity index (χ2v) is 4.87. The van der Waals surface area contributed by atoms with Gasteiger partial charge in [-0.15, -0.1) is 0 Å². The van der Waals surface area contributed by atoms with E-state index in [1.54, 1.807) is 0 Å². The first kappa shape index (κ1) is 12.2. The maximum absolute atomic E-state index is 13.6. The Kier molecular flexibility index (Phi) is 3.28. The number of rotatable bonds is 2. The van der Waals surface area contributed by atoms with E-state index >= 15 is 0 Å². The molecule has 1 aromatic carbocycles. The molecule has 1 N–H and O–H groups in total. The second-order valence-electron chi connectivity index (χ2n) is 4.08. The quantitative estimate of drug-likeness (QED) is 0.883. The molecule has 0 atom stereocenters. The number of hydrogen-bond acceptors (Lipinski definition) is 1. The molecule has 2 nitrogen and oxygen atoms in total. The van der Waals surface area contributed by atoms with Gasteiger partial charge in [-0.05, 0) is 40.0 Å². The lowest BCUT2D eigenvalue weighted by atomic mass is 10.1. The minimum atomic E-state index is -0.492. The lowest BCUT2D eigenvalue weighted by Gasteiger charge is -2.03. The average Bonchev–Trinajstić information content (AvgIpc) is 2.64. The van der Waals surface area contributed by atoms with Crippen molar-refractivity contribution in [3.63, 3.8) is 0 Å². The summed E-state index contributed by atoms with van der Waals surface area (Å²) in [5.41, 5.74) is 1.41. The van der Waals surface area contributed by atoms with E-state index in [1.807, 2.05) is 13.8 Å². The Bertz CT molecular complexity index is 549. The molecule has 2 aromatic rings.